The van der Waals surface area contributed by atoms with Gasteiger partial charge in [-0.1, -0.05) is 48.5 Å². The molecule has 4 unspecified atom stereocenters. The summed E-state index contributed by atoms with van der Waals surface area (Å²) in [5.74, 6) is -1.19. The molecule has 2 heterocycles. The number of benzene rings is 2. The molecular weight excluding hydrogens is 612 g/mol. The molecule has 8 rings (SSSR count). The third-order valence-electron chi connectivity index (χ3n) is 13.5. The summed E-state index contributed by atoms with van der Waals surface area (Å²) >= 11 is 0. The molecule has 4 fully saturated rings. The Morgan fingerprint density at radius 2 is 1.08 bits per heavy atom. The number of piperidine rings is 2. The molecule has 10 heteroatoms. The number of rotatable bonds is 5. The summed E-state index contributed by atoms with van der Waals surface area (Å²) in [7, 11) is 4.38. The molecule has 2 saturated carbocycles. The summed E-state index contributed by atoms with van der Waals surface area (Å²) in [6.45, 7) is 2.11. The number of nitrogens with zero attached hydrogens (tertiary/aromatic N) is 2. The Morgan fingerprint density at radius 1 is 0.688 bits per heavy atom. The molecule has 6 N–H and O–H groups in total. The largest absolute Gasteiger partial charge is 0.460 e. The third kappa shape index (κ3) is 5.40. The van der Waals surface area contributed by atoms with Gasteiger partial charge in [0.05, 0.1) is 0 Å². The first kappa shape index (κ1) is 35.0. The van der Waals surface area contributed by atoms with Crippen molar-refractivity contribution in [2.24, 2.45) is 11.8 Å². The van der Waals surface area contributed by atoms with E-state index in [0.29, 0.717) is 49.6 Å². The number of fused-ring (bicyclic) bond motifs is 2. The third-order valence-corrected chi connectivity index (χ3v) is 13.5. The van der Waals surface area contributed by atoms with E-state index < -0.39 is 24.1 Å². The molecule has 2 aliphatic heterocycles. The minimum Gasteiger partial charge on any atom is -0.460 e. The molecule has 2 aromatic carbocycles. The van der Waals surface area contributed by atoms with Gasteiger partial charge in [-0.3, -0.25) is 0 Å². The topological polar surface area (TPSA) is 163 Å². The highest BCUT2D eigenvalue weighted by molar-refractivity contribution is 5.85. The van der Waals surface area contributed by atoms with Gasteiger partial charge >= 0.3 is 11.9 Å². The van der Waals surface area contributed by atoms with E-state index in [1.165, 1.54) is 22.3 Å². The first-order valence-electron chi connectivity index (χ1n) is 17.5. The van der Waals surface area contributed by atoms with E-state index in [1.807, 2.05) is 0 Å². The maximum atomic E-state index is 13.1. The second kappa shape index (κ2) is 13.1. The van der Waals surface area contributed by atoms with Crippen molar-refractivity contribution >= 4 is 11.9 Å². The SMILES string of the molecule is CN1CC[C@]23CCC(OC(=O)C(O)C(O)C(=O)OC4CC[C@]56CCN(C)[C@H](Cc7ccccc75)[C@@H]6C4)C[C@H]2[C@H]1Cc1ccccc13.O.O. The summed E-state index contributed by atoms with van der Waals surface area (Å²) in [5.41, 5.74) is 5.94. The highest BCUT2D eigenvalue weighted by Gasteiger charge is 2.57. The number of likely N-dealkylation sites (tertiary alicyclic amines) is 2. The van der Waals surface area contributed by atoms with Crippen LogP contribution in [0.2, 0.25) is 0 Å². The number of hydrogen-bond donors (Lipinski definition) is 2. The monoisotopic (exact) mass is 664 g/mol. The molecular formula is C38H52N2O8. The lowest BCUT2D eigenvalue weighted by atomic mass is 9.52. The van der Waals surface area contributed by atoms with Crippen molar-refractivity contribution in [3.05, 3.63) is 70.8 Å². The van der Waals surface area contributed by atoms with Crippen molar-refractivity contribution in [3.8, 4) is 0 Å². The Balaban J connectivity index is 0.00000201. The van der Waals surface area contributed by atoms with E-state index >= 15 is 0 Å². The Hall–Kier alpha value is -2.86. The van der Waals surface area contributed by atoms with Gasteiger partial charge in [0.2, 0.25) is 0 Å². The summed E-state index contributed by atoms with van der Waals surface area (Å²) in [4.78, 5) is 31.2. The maximum Gasteiger partial charge on any atom is 0.338 e. The summed E-state index contributed by atoms with van der Waals surface area (Å²) < 4.78 is 11.7. The van der Waals surface area contributed by atoms with Gasteiger partial charge in [-0.2, -0.15) is 0 Å². The van der Waals surface area contributed by atoms with Crippen LogP contribution in [0.4, 0.5) is 0 Å². The molecule has 0 aromatic heterocycles. The molecule has 48 heavy (non-hydrogen) atoms. The predicted octanol–water partition coefficient (Wildman–Crippen LogP) is 1.88. The van der Waals surface area contributed by atoms with E-state index in [9.17, 15) is 19.8 Å². The Bertz CT molecular complexity index is 1410. The standard InChI is InChI=1S/C38H48N2O6.2H2O/c1-39-17-15-37-13-11-25(21-29(37)31(39)19-23-7-3-5-9-27(23)37)45-35(43)33(41)34(42)36(44)46-26-12-14-38-16-18-40(2)32(30(38)22-26)20-24-8-4-6-10-28(24)38;;/h3-10,25-26,29-34,41-42H,11-22H2,1-2H3;2*1H2/t25?,26?,29-,30-,31+,32+,33?,34?,37-,38-;;/m0../s1. The van der Waals surface area contributed by atoms with E-state index in [4.69, 9.17) is 9.47 Å². The van der Waals surface area contributed by atoms with E-state index in [-0.39, 0.29) is 34.0 Å². The quantitative estimate of drug-likeness (QED) is 0.458. The maximum absolute atomic E-state index is 13.1. The molecule has 6 aliphatic rings. The van der Waals surface area contributed by atoms with Crippen molar-refractivity contribution in [2.45, 2.75) is 112 Å². The van der Waals surface area contributed by atoms with Crippen molar-refractivity contribution in [3.63, 3.8) is 0 Å². The zero-order chi connectivity index (χ0) is 31.8. The molecule has 262 valence electrons. The lowest BCUT2D eigenvalue weighted by molar-refractivity contribution is -0.183. The minimum atomic E-state index is -1.97. The van der Waals surface area contributed by atoms with Gasteiger partial charge in [-0.15, -0.1) is 0 Å². The summed E-state index contributed by atoms with van der Waals surface area (Å²) in [6, 6.07) is 18.4. The van der Waals surface area contributed by atoms with Crippen molar-refractivity contribution in [2.75, 3.05) is 27.2 Å². The fraction of sp³-hybridized carbons (Fsp3) is 0.632. The van der Waals surface area contributed by atoms with Gasteiger partial charge in [0, 0.05) is 22.9 Å². The molecule has 10 atom stereocenters. The van der Waals surface area contributed by atoms with Crippen LogP contribution in [0, 0.1) is 11.8 Å². The molecule has 4 bridgehead atoms. The highest BCUT2D eigenvalue weighted by atomic mass is 16.6. The number of aliphatic hydroxyl groups is 2. The number of carbonyl (C=O) groups is 2. The van der Waals surface area contributed by atoms with Gasteiger partial charge < -0.3 is 40.4 Å². The molecule has 4 aliphatic carbocycles. The first-order chi connectivity index (χ1) is 22.2. The van der Waals surface area contributed by atoms with Crippen LogP contribution in [0.3, 0.4) is 0 Å². The molecule has 2 aromatic rings. The zero-order valence-corrected chi connectivity index (χ0v) is 28.1. The van der Waals surface area contributed by atoms with Crippen molar-refractivity contribution in [1.82, 2.24) is 9.80 Å². The summed E-state index contributed by atoms with van der Waals surface area (Å²) in [5, 5.41) is 21.6. The number of likely N-dealkylation sites (N-methyl/N-ethyl adjacent to an activating group) is 2. The van der Waals surface area contributed by atoms with Gasteiger partial charge in [0.25, 0.3) is 0 Å². The number of esters is 2. The first-order valence-corrected chi connectivity index (χ1v) is 17.5. The molecule has 0 radical (unpaired) electrons. The number of ether oxygens (including phenoxy) is 2. The Kier molecular flexibility index (Phi) is 9.56. The normalized spacial score (nSPS) is 36.2. The highest BCUT2D eigenvalue weighted by Crippen LogP contribution is 2.57. The zero-order valence-electron chi connectivity index (χ0n) is 28.1. The van der Waals surface area contributed by atoms with E-state index in [1.54, 1.807) is 0 Å². The smallest absolute Gasteiger partial charge is 0.338 e. The molecule has 0 spiro atoms. The predicted molar refractivity (Wildman–Crippen MR) is 179 cm³/mol. The fourth-order valence-electron chi connectivity index (χ4n) is 11.1. The van der Waals surface area contributed by atoms with E-state index in [2.05, 4.69) is 72.4 Å². The van der Waals surface area contributed by atoms with Crippen LogP contribution < -0.4 is 0 Å². The molecule has 2 saturated heterocycles. The van der Waals surface area contributed by atoms with Gasteiger partial charge in [0.15, 0.2) is 12.2 Å². The number of aliphatic hydroxyl groups excluding tert-OH is 2. The number of carbonyl (C=O) groups excluding carboxylic acids is 2. The molecule has 10 nitrogen and oxygen atoms in total. The van der Waals surface area contributed by atoms with Crippen LogP contribution in [0.15, 0.2) is 48.5 Å². The minimum absolute atomic E-state index is 0. The van der Waals surface area contributed by atoms with Gasteiger partial charge in [-0.25, -0.2) is 9.59 Å². The summed E-state index contributed by atoms with van der Waals surface area (Å²) in [6.07, 6.45) is 4.15. The van der Waals surface area contributed by atoms with Crippen molar-refractivity contribution < 1.29 is 40.2 Å². The Labute approximate surface area is 283 Å². The van der Waals surface area contributed by atoms with Crippen LogP contribution in [0.5, 0.6) is 0 Å². The fourth-order valence-corrected chi connectivity index (χ4v) is 11.1. The van der Waals surface area contributed by atoms with Gasteiger partial charge in [0.1, 0.15) is 12.2 Å². The average Bonchev–Trinajstić information content (AvgIpc) is 3.07. The van der Waals surface area contributed by atoms with E-state index in [0.717, 1.165) is 51.6 Å². The average molecular weight is 665 g/mol. The molecule has 0 amide bonds. The van der Waals surface area contributed by atoms with Crippen LogP contribution >= 0.6 is 0 Å². The lowest BCUT2D eigenvalue weighted by Crippen LogP contribution is -2.61. The van der Waals surface area contributed by atoms with Crippen LogP contribution in [-0.2, 0) is 42.7 Å². The van der Waals surface area contributed by atoms with Crippen LogP contribution in [-0.4, -0.2) is 107 Å². The number of hydrogen-bond acceptors (Lipinski definition) is 8. The Morgan fingerprint density at radius 3 is 1.50 bits per heavy atom. The van der Waals surface area contributed by atoms with Crippen LogP contribution in [0.25, 0.3) is 0 Å². The lowest BCUT2D eigenvalue weighted by Gasteiger charge is -2.59. The van der Waals surface area contributed by atoms with Gasteiger partial charge in [-0.05, 0) is 125 Å². The van der Waals surface area contributed by atoms with Crippen molar-refractivity contribution in [1.29, 1.82) is 0 Å². The van der Waals surface area contributed by atoms with Crippen LogP contribution in [0.1, 0.15) is 73.6 Å². The second-order valence-corrected chi connectivity index (χ2v) is 15.4. The second-order valence-electron chi connectivity index (χ2n) is 15.4.